The zero-order valence-corrected chi connectivity index (χ0v) is 12.3. The third-order valence-corrected chi connectivity index (χ3v) is 3.28. The minimum absolute atomic E-state index is 0.611. The molecule has 0 radical (unpaired) electrons. The van der Waals surface area contributed by atoms with Gasteiger partial charge in [0.15, 0.2) is 11.5 Å². The van der Waals surface area contributed by atoms with Crippen LogP contribution in [0, 0.1) is 0 Å². The maximum absolute atomic E-state index is 5.61. The van der Waals surface area contributed by atoms with Crippen LogP contribution in [0.25, 0.3) is 6.08 Å². The second kappa shape index (κ2) is 6.25. The average Bonchev–Trinajstić information content (AvgIpc) is 2.36. The molecule has 1 aliphatic rings. The Morgan fingerprint density at radius 1 is 1.39 bits per heavy atom. The Hall–Kier alpha value is -1.00. The smallest absolute Gasteiger partial charge is 0.175 e. The van der Waals surface area contributed by atoms with Crippen molar-refractivity contribution in [2.75, 3.05) is 26.3 Å². The van der Waals surface area contributed by atoms with Gasteiger partial charge in [-0.3, -0.25) is 0 Å². The average molecular weight is 312 g/mol. The maximum Gasteiger partial charge on any atom is 0.175 e. The van der Waals surface area contributed by atoms with Crippen LogP contribution >= 0.6 is 15.9 Å². The van der Waals surface area contributed by atoms with E-state index in [1.807, 2.05) is 6.07 Å². The molecular weight excluding hydrogens is 294 g/mol. The number of likely N-dealkylation sites (N-methyl/N-ethyl adjacent to an activating group) is 1. The van der Waals surface area contributed by atoms with Crippen molar-refractivity contribution in [2.45, 2.75) is 13.8 Å². The topological polar surface area (TPSA) is 30.5 Å². The standard InChI is InChI=1S/C14H18BrNO2/c1-3-16-9-10(2)6-11-7-12(15)14-13(8-11)17-4-5-18-14/h6-8,16H,3-5,9H2,1-2H3. The van der Waals surface area contributed by atoms with Gasteiger partial charge in [-0.15, -0.1) is 0 Å². The first kappa shape index (κ1) is 13.4. The first-order valence-corrected chi connectivity index (χ1v) is 6.97. The molecule has 18 heavy (non-hydrogen) atoms. The number of benzene rings is 1. The highest BCUT2D eigenvalue weighted by molar-refractivity contribution is 9.10. The van der Waals surface area contributed by atoms with Gasteiger partial charge in [0.25, 0.3) is 0 Å². The van der Waals surface area contributed by atoms with E-state index < -0.39 is 0 Å². The Morgan fingerprint density at radius 3 is 2.94 bits per heavy atom. The van der Waals surface area contributed by atoms with Crippen molar-refractivity contribution in [3.63, 3.8) is 0 Å². The van der Waals surface area contributed by atoms with Crippen LogP contribution in [0.3, 0.4) is 0 Å². The molecule has 0 fully saturated rings. The van der Waals surface area contributed by atoms with Crippen molar-refractivity contribution in [3.05, 3.63) is 27.7 Å². The van der Waals surface area contributed by atoms with Crippen molar-refractivity contribution in [3.8, 4) is 11.5 Å². The lowest BCUT2D eigenvalue weighted by Crippen LogP contribution is -2.16. The van der Waals surface area contributed by atoms with Gasteiger partial charge in [0.1, 0.15) is 13.2 Å². The van der Waals surface area contributed by atoms with Gasteiger partial charge in [-0.1, -0.05) is 18.6 Å². The zero-order valence-electron chi connectivity index (χ0n) is 10.8. The monoisotopic (exact) mass is 311 g/mol. The SMILES string of the molecule is CCNCC(C)=Cc1cc(Br)c2c(c1)OCCO2. The number of halogens is 1. The number of fused-ring (bicyclic) bond motifs is 1. The van der Waals surface area contributed by atoms with Crippen LogP contribution in [-0.2, 0) is 0 Å². The lowest BCUT2D eigenvalue weighted by Gasteiger charge is -2.20. The number of ether oxygens (including phenoxy) is 2. The lowest BCUT2D eigenvalue weighted by molar-refractivity contribution is 0.170. The molecule has 1 aliphatic heterocycles. The molecule has 0 atom stereocenters. The number of rotatable bonds is 4. The molecule has 0 aliphatic carbocycles. The molecule has 1 aromatic rings. The summed E-state index contributed by atoms with van der Waals surface area (Å²) in [6, 6.07) is 4.08. The van der Waals surface area contributed by atoms with Crippen molar-refractivity contribution < 1.29 is 9.47 Å². The minimum Gasteiger partial charge on any atom is -0.486 e. The van der Waals surface area contributed by atoms with Crippen LogP contribution in [-0.4, -0.2) is 26.3 Å². The number of hydrogen-bond acceptors (Lipinski definition) is 3. The molecule has 98 valence electrons. The van der Waals surface area contributed by atoms with E-state index in [0.29, 0.717) is 13.2 Å². The highest BCUT2D eigenvalue weighted by Gasteiger charge is 2.15. The summed E-state index contributed by atoms with van der Waals surface area (Å²) in [4.78, 5) is 0. The van der Waals surface area contributed by atoms with Gasteiger partial charge in [-0.25, -0.2) is 0 Å². The highest BCUT2D eigenvalue weighted by atomic mass is 79.9. The predicted octanol–water partition coefficient (Wildman–Crippen LogP) is 3.23. The molecular formula is C14H18BrNO2. The summed E-state index contributed by atoms with van der Waals surface area (Å²) >= 11 is 3.53. The number of nitrogens with one attached hydrogen (secondary N) is 1. The van der Waals surface area contributed by atoms with Crippen LogP contribution < -0.4 is 14.8 Å². The second-order valence-corrected chi connectivity index (χ2v) is 5.15. The molecule has 2 rings (SSSR count). The van der Waals surface area contributed by atoms with E-state index in [9.17, 15) is 0 Å². The van der Waals surface area contributed by atoms with Gasteiger partial charge in [0.05, 0.1) is 4.47 Å². The molecule has 0 aromatic heterocycles. The van der Waals surface area contributed by atoms with Gasteiger partial charge in [-0.05, 0) is 47.1 Å². The van der Waals surface area contributed by atoms with Crippen molar-refractivity contribution in [1.29, 1.82) is 0 Å². The van der Waals surface area contributed by atoms with E-state index in [0.717, 1.165) is 34.6 Å². The van der Waals surface area contributed by atoms with E-state index in [2.05, 4.69) is 47.2 Å². The molecule has 4 heteroatoms. The molecule has 0 saturated carbocycles. The number of hydrogen-bond donors (Lipinski definition) is 1. The molecule has 3 nitrogen and oxygen atoms in total. The largest absolute Gasteiger partial charge is 0.486 e. The summed E-state index contributed by atoms with van der Waals surface area (Å²) in [6.45, 7) is 7.34. The zero-order chi connectivity index (χ0) is 13.0. The molecule has 1 N–H and O–H groups in total. The Labute approximate surface area is 116 Å². The van der Waals surface area contributed by atoms with Crippen molar-refractivity contribution >= 4 is 22.0 Å². The fraction of sp³-hybridized carbons (Fsp3) is 0.429. The quantitative estimate of drug-likeness (QED) is 0.926. The van der Waals surface area contributed by atoms with Crippen molar-refractivity contribution in [2.24, 2.45) is 0 Å². The van der Waals surface area contributed by atoms with Crippen LogP contribution in [0.5, 0.6) is 11.5 Å². The Kier molecular flexibility index (Phi) is 4.66. The summed E-state index contributed by atoms with van der Waals surface area (Å²) in [7, 11) is 0. The fourth-order valence-electron chi connectivity index (χ4n) is 1.87. The van der Waals surface area contributed by atoms with E-state index in [-0.39, 0.29) is 0 Å². The summed E-state index contributed by atoms with van der Waals surface area (Å²) in [5, 5.41) is 3.31. The summed E-state index contributed by atoms with van der Waals surface area (Å²) in [5.74, 6) is 1.63. The van der Waals surface area contributed by atoms with E-state index >= 15 is 0 Å². The summed E-state index contributed by atoms with van der Waals surface area (Å²) in [5.41, 5.74) is 2.42. The first-order chi connectivity index (χ1) is 8.70. The van der Waals surface area contributed by atoms with Gasteiger partial charge in [0, 0.05) is 6.54 Å². The van der Waals surface area contributed by atoms with Crippen LogP contribution in [0.4, 0.5) is 0 Å². The summed E-state index contributed by atoms with van der Waals surface area (Å²) in [6.07, 6.45) is 2.16. The molecule has 0 saturated heterocycles. The first-order valence-electron chi connectivity index (χ1n) is 6.17. The predicted molar refractivity (Wildman–Crippen MR) is 77.3 cm³/mol. The highest BCUT2D eigenvalue weighted by Crippen LogP contribution is 2.38. The Bertz CT molecular complexity index is 457. The van der Waals surface area contributed by atoms with Crippen LogP contribution in [0.2, 0.25) is 0 Å². The maximum atomic E-state index is 5.61. The van der Waals surface area contributed by atoms with E-state index in [1.54, 1.807) is 0 Å². The van der Waals surface area contributed by atoms with Gasteiger partial charge in [-0.2, -0.15) is 0 Å². The third kappa shape index (κ3) is 3.27. The fourth-order valence-corrected chi connectivity index (χ4v) is 2.45. The third-order valence-electron chi connectivity index (χ3n) is 2.69. The van der Waals surface area contributed by atoms with E-state index in [1.165, 1.54) is 5.57 Å². The molecule has 0 bridgehead atoms. The molecule has 0 spiro atoms. The molecule has 1 heterocycles. The molecule has 0 unspecified atom stereocenters. The van der Waals surface area contributed by atoms with Gasteiger partial charge >= 0.3 is 0 Å². The summed E-state index contributed by atoms with van der Waals surface area (Å²) < 4.78 is 12.1. The van der Waals surface area contributed by atoms with Crippen molar-refractivity contribution in [1.82, 2.24) is 5.32 Å². The Balaban J connectivity index is 2.21. The molecule has 0 amide bonds. The molecule has 1 aromatic carbocycles. The normalized spacial score (nSPS) is 14.7. The van der Waals surface area contributed by atoms with Gasteiger partial charge < -0.3 is 14.8 Å². The minimum atomic E-state index is 0.611. The second-order valence-electron chi connectivity index (χ2n) is 4.30. The van der Waals surface area contributed by atoms with Crippen LogP contribution in [0.15, 0.2) is 22.2 Å². The lowest BCUT2D eigenvalue weighted by atomic mass is 10.1. The Morgan fingerprint density at radius 2 is 2.17 bits per heavy atom. The van der Waals surface area contributed by atoms with E-state index in [4.69, 9.17) is 9.47 Å². The van der Waals surface area contributed by atoms with Gasteiger partial charge in [0.2, 0.25) is 0 Å². The van der Waals surface area contributed by atoms with Crippen LogP contribution in [0.1, 0.15) is 19.4 Å².